The van der Waals surface area contributed by atoms with Gasteiger partial charge in [-0.25, -0.2) is 4.39 Å². The molecule has 0 saturated heterocycles. The molecule has 104 valence electrons. The number of rotatable bonds is 4. The lowest BCUT2D eigenvalue weighted by atomic mass is 10.1. The summed E-state index contributed by atoms with van der Waals surface area (Å²) in [6, 6.07) is 9.92. The van der Waals surface area contributed by atoms with Crippen LogP contribution in [0.5, 0.6) is 5.75 Å². The molecule has 5 heteroatoms. The van der Waals surface area contributed by atoms with Crippen LogP contribution in [0, 0.1) is 12.7 Å². The van der Waals surface area contributed by atoms with Crippen LogP contribution in [-0.4, -0.2) is 4.99 Å². The van der Waals surface area contributed by atoms with Gasteiger partial charge in [0.1, 0.15) is 11.6 Å². The van der Waals surface area contributed by atoms with E-state index >= 15 is 0 Å². The van der Waals surface area contributed by atoms with Gasteiger partial charge in [-0.1, -0.05) is 42.0 Å². The number of hydrogen-bond acceptors (Lipinski definition) is 2. The molecule has 2 aromatic rings. The van der Waals surface area contributed by atoms with E-state index in [1.807, 2.05) is 6.92 Å². The summed E-state index contributed by atoms with van der Waals surface area (Å²) in [7, 11) is 0. The number of thiocarbonyl (C=S) groups is 1. The Kier molecular flexibility index (Phi) is 4.57. The summed E-state index contributed by atoms with van der Waals surface area (Å²) < 4.78 is 19.0. The van der Waals surface area contributed by atoms with E-state index in [1.165, 1.54) is 6.07 Å². The predicted octanol–water partition coefficient (Wildman–Crippen LogP) is 4.00. The average molecular weight is 310 g/mol. The molecule has 2 N–H and O–H groups in total. The Bertz CT molecular complexity index is 660. The molecule has 0 fully saturated rings. The fraction of sp³-hybridized carbons (Fsp3) is 0.133. The minimum absolute atomic E-state index is 0.177. The number of halogens is 2. The monoisotopic (exact) mass is 309 g/mol. The van der Waals surface area contributed by atoms with Crippen molar-refractivity contribution in [3.63, 3.8) is 0 Å². The third kappa shape index (κ3) is 3.46. The van der Waals surface area contributed by atoms with E-state index in [2.05, 4.69) is 0 Å². The maximum atomic E-state index is 13.6. The van der Waals surface area contributed by atoms with Crippen LogP contribution in [0.15, 0.2) is 36.4 Å². The van der Waals surface area contributed by atoms with Gasteiger partial charge in [0.25, 0.3) is 0 Å². The first-order valence-electron chi connectivity index (χ1n) is 5.94. The van der Waals surface area contributed by atoms with Crippen molar-refractivity contribution in [1.82, 2.24) is 0 Å². The molecule has 0 aromatic heterocycles. The highest BCUT2D eigenvalue weighted by Gasteiger charge is 2.07. The third-order valence-corrected chi connectivity index (χ3v) is 3.40. The van der Waals surface area contributed by atoms with Gasteiger partial charge in [0, 0.05) is 16.1 Å². The lowest BCUT2D eigenvalue weighted by Gasteiger charge is -2.10. The molecule has 0 aliphatic carbocycles. The Morgan fingerprint density at radius 1 is 1.30 bits per heavy atom. The quantitative estimate of drug-likeness (QED) is 0.867. The van der Waals surface area contributed by atoms with E-state index in [4.69, 9.17) is 34.3 Å². The van der Waals surface area contributed by atoms with Gasteiger partial charge < -0.3 is 10.5 Å². The van der Waals surface area contributed by atoms with Crippen molar-refractivity contribution in [3.8, 4) is 5.75 Å². The van der Waals surface area contributed by atoms with Gasteiger partial charge in [-0.2, -0.15) is 0 Å². The summed E-state index contributed by atoms with van der Waals surface area (Å²) in [5.41, 5.74) is 7.89. The van der Waals surface area contributed by atoms with Crippen LogP contribution in [0.2, 0.25) is 5.02 Å². The third-order valence-electron chi connectivity index (χ3n) is 2.81. The number of benzene rings is 2. The first kappa shape index (κ1) is 14.8. The Hall–Kier alpha value is -1.65. The van der Waals surface area contributed by atoms with Crippen LogP contribution in [0.25, 0.3) is 0 Å². The Balaban J connectivity index is 2.15. The van der Waals surface area contributed by atoms with E-state index in [0.29, 0.717) is 10.6 Å². The zero-order chi connectivity index (χ0) is 14.7. The molecule has 0 bridgehead atoms. The Labute approximate surface area is 127 Å². The lowest BCUT2D eigenvalue weighted by Crippen LogP contribution is -2.09. The summed E-state index contributed by atoms with van der Waals surface area (Å²) in [5, 5.41) is 0.489. The molecule has 0 heterocycles. The second kappa shape index (κ2) is 6.20. The summed E-state index contributed by atoms with van der Waals surface area (Å²) in [6.07, 6.45) is 0. The predicted molar refractivity (Wildman–Crippen MR) is 82.8 cm³/mol. The van der Waals surface area contributed by atoms with Crippen molar-refractivity contribution in [2.75, 3.05) is 0 Å². The molecule has 0 amide bonds. The normalized spacial score (nSPS) is 10.3. The molecular formula is C15H13ClFNOS. The van der Waals surface area contributed by atoms with Crippen molar-refractivity contribution >= 4 is 28.8 Å². The Morgan fingerprint density at radius 2 is 2.05 bits per heavy atom. The summed E-state index contributed by atoms with van der Waals surface area (Å²) in [4.78, 5) is 0.282. The maximum absolute atomic E-state index is 13.6. The van der Waals surface area contributed by atoms with Gasteiger partial charge in [0.2, 0.25) is 0 Å². The van der Waals surface area contributed by atoms with Crippen LogP contribution in [-0.2, 0) is 6.61 Å². The molecular weight excluding hydrogens is 297 g/mol. The van der Waals surface area contributed by atoms with Crippen molar-refractivity contribution in [2.45, 2.75) is 13.5 Å². The van der Waals surface area contributed by atoms with E-state index in [-0.39, 0.29) is 17.3 Å². The molecule has 0 radical (unpaired) electrons. The first-order valence-corrected chi connectivity index (χ1v) is 6.73. The molecule has 0 spiro atoms. The average Bonchev–Trinajstić information content (AvgIpc) is 2.40. The summed E-state index contributed by atoms with van der Waals surface area (Å²) in [6.45, 7) is 2.05. The van der Waals surface area contributed by atoms with Crippen molar-refractivity contribution in [3.05, 3.63) is 63.9 Å². The highest BCUT2D eigenvalue weighted by Crippen LogP contribution is 2.23. The van der Waals surface area contributed by atoms with Crippen LogP contribution in [0.1, 0.15) is 16.7 Å². The fourth-order valence-electron chi connectivity index (χ4n) is 1.69. The van der Waals surface area contributed by atoms with Gasteiger partial charge in [-0.05, 0) is 30.7 Å². The zero-order valence-electron chi connectivity index (χ0n) is 10.8. The van der Waals surface area contributed by atoms with E-state index in [9.17, 15) is 4.39 Å². The van der Waals surface area contributed by atoms with E-state index < -0.39 is 5.82 Å². The standard InChI is InChI=1S/C15H13ClFNOS/c1-9-2-5-13(17)14(6-9)19-8-11-4-3-10(15(18)20)7-12(11)16/h2-7H,8H2,1H3,(H2,18,20). The topological polar surface area (TPSA) is 35.2 Å². The van der Waals surface area contributed by atoms with Crippen LogP contribution in [0.3, 0.4) is 0 Å². The molecule has 2 rings (SSSR count). The van der Waals surface area contributed by atoms with Gasteiger partial charge in [-0.15, -0.1) is 0 Å². The smallest absolute Gasteiger partial charge is 0.165 e. The molecule has 0 aliphatic heterocycles. The second-order valence-corrected chi connectivity index (χ2v) is 5.24. The summed E-state index contributed by atoms with van der Waals surface area (Å²) >= 11 is 11.0. The minimum atomic E-state index is -0.397. The van der Waals surface area contributed by atoms with Crippen molar-refractivity contribution in [1.29, 1.82) is 0 Å². The van der Waals surface area contributed by atoms with Gasteiger partial charge in [-0.3, -0.25) is 0 Å². The number of aryl methyl sites for hydroxylation is 1. The number of hydrogen-bond donors (Lipinski definition) is 1. The molecule has 20 heavy (non-hydrogen) atoms. The second-order valence-electron chi connectivity index (χ2n) is 4.39. The van der Waals surface area contributed by atoms with Gasteiger partial charge in [0.15, 0.2) is 11.6 Å². The minimum Gasteiger partial charge on any atom is -0.486 e. The fourth-order valence-corrected chi connectivity index (χ4v) is 2.06. The molecule has 0 aliphatic rings. The van der Waals surface area contributed by atoms with Crippen LogP contribution >= 0.6 is 23.8 Å². The molecule has 2 nitrogen and oxygen atoms in total. The van der Waals surface area contributed by atoms with Gasteiger partial charge in [0.05, 0.1) is 0 Å². The lowest BCUT2D eigenvalue weighted by molar-refractivity contribution is 0.290. The van der Waals surface area contributed by atoms with Crippen LogP contribution < -0.4 is 10.5 Å². The highest BCUT2D eigenvalue weighted by atomic mass is 35.5. The SMILES string of the molecule is Cc1ccc(F)c(OCc2ccc(C(N)=S)cc2Cl)c1. The van der Waals surface area contributed by atoms with Gasteiger partial charge >= 0.3 is 0 Å². The van der Waals surface area contributed by atoms with Crippen molar-refractivity contribution in [2.24, 2.45) is 5.73 Å². The van der Waals surface area contributed by atoms with E-state index in [0.717, 1.165) is 11.1 Å². The summed E-state index contributed by atoms with van der Waals surface area (Å²) in [5.74, 6) is -0.189. The largest absolute Gasteiger partial charge is 0.486 e. The highest BCUT2D eigenvalue weighted by molar-refractivity contribution is 7.80. The van der Waals surface area contributed by atoms with E-state index in [1.54, 1.807) is 30.3 Å². The molecule has 0 atom stereocenters. The number of nitrogens with two attached hydrogens (primary N) is 1. The Morgan fingerprint density at radius 3 is 2.70 bits per heavy atom. The molecule has 2 aromatic carbocycles. The molecule has 0 saturated carbocycles. The van der Waals surface area contributed by atoms with Crippen LogP contribution in [0.4, 0.5) is 4.39 Å². The first-order chi connectivity index (χ1) is 9.47. The number of ether oxygens (including phenoxy) is 1. The van der Waals surface area contributed by atoms with Crippen molar-refractivity contribution < 1.29 is 9.13 Å². The zero-order valence-corrected chi connectivity index (χ0v) is 12.4. The molecule has 0 unspecified atom stereocenters. The maximum Gasteiger partial charge on any atom is 0.165 e.